The van der Waals surface area contributed by atoms with Crippen molar-refractivity contribution in [1.29, 1.82) is 0 Å². The van der Waals surface area contributed by atoms with E-state index in [-0.39, 0.29) is 12.6 Å². The second-order valence-corrected chi connectivity index (χ2v) is 4.04. The molecule has 0 rings (SSSR count). The standard InChI is InChI=1S/C9H19O4P/c1-4-12-8-14(10)7-6-9(11-3)13-5-2/h7,9H,4-6,8H2,1-3H3. The third-order valence-electron chi connectivity index (χ3n) is 1.54. The van der Waals surface area contributed by atoms with Gasteiger partial charge in [-0.05, 0) is 13.8 Å². The molecule has 0 bridgehead atoms. The summed E-state index contributed by atoms with van der Waals surface area (Å²) < 4.78 is 15.3. The zero-order valence-corrected chi connectivity index (χ0v) is 9.96. The van der Waals surface area contributed by atoms with Crippen LogP contribution >= 0.6 is 7.77 Å². The Balaban J connectivity index is 3.73. The zero-order chi connectivity index (χ0) is 10.8. The van der Waals surface area contributed by atoms with Gasteiger partial charge in [0, 0.05) is 20.3 Å². The molecule has 2 unspecified atom stereocenters. The molecule has 5 heteroatoms. The first-order valence-corrected chi connectivity index (χ1v) is 6.25. The van der Waals surface area contributed by atoms with E-state index in [1.165, 1.54) is 0 Å². The summed E-state index contributed by atoms with van der Waals surface area (Å²) in [5, 5.41) is 0. The van der Waals surface area contributed by atoms with Crippen molar-refractivity contribution in [2.24, 2.45) is 0 Å². The van der Waals surface area contributed by atoms with Gasteiger partial charge in [-0.15, -0.1) is 0 Å². The molecule has 0 fully saturated rings. The monoisotopic (exact) mass is 222 g/mol. The minimum Gasteiger partial charge on any atom is -0.629 e. The van der Waals surface area contributed by atoms with Gasteiger partial charge in [0.05, 0.1) is 20.0 Å². The van der Waals surface area contributed by atoms with Crippen LogP contribution in [-0.2, 0) is 14.2 Å². The molecule has 0 saturated carbocycles. The van der Waals surface area contributed by atoms with Crippen molar-refractivity contribution in [2.45, 2.75) is 26.6 Å². The molecule has 0 spiro atoms. The third kappa shape index (κ3) is 7.42. The summed E-state index contributed by atoms with van der Waals surface area (Å²) >= 11 is 0. The number of methoxy groups -OCH3 is 1. The highest BCUT2D eigenvalue weighted by Gasteiger charge is 2.06. The Bertz CT molecular complexity index is 161. The number of hydrogen-bond donors (Lipinski definition) is 0. The summed E-state index contributed by atoms with van der Waals surface area (Å²) in [5.74, 6) is 1.69. The molecule has 0 aliphatic carbocycles. The maximum Gasteiger partial charge on any atom is 0.200 e. The topological polar surface area (TPSA) is 50.8 Å². The highest BCUT2D eigenvalue weighted by Crippen LogP contribution is 2.11. The first-order chi connectivity index (χ1) is 6.74. The van der Waals surface area contributed by atoms with Gasteiger partial charge < -0.3 is 19.1 Å². The van der Waals surface area contributed by atoms with Crippen LogP contribution < -0.4 is 4.89 Å². The predicted molar refractivity (Wildman–Crippen MR) is 56.5 cm³/mol. The number of ether oxygens (including phenoxy) is 3. The van der Waals surface area contributed by atoms with E-state index < -0.39 is 7.77 Å². The largest absolute Gasteiger partial charge is 0.629 e. The van der Waals surface area contributed by atoms with Gasteiger partial charge in [0.15, 0.2) is 6.29 Å². The van der Waals surface area contributed by atoms with Gasteiger partial charge in [-0.1, -0.05) is 0 Å². The fraction of sp³-hybridized carbons (Fsp3) is 0.889. The molecule has 0 radical (unpaired) electrons. The molecule has 0 aliphatic heterocycles. The lowest BCUT2D eigenvalue weighted by molar-refractivity contribution is -0.157. The lowest BCUT2D eigenvalue weighted by Gasteiger charge is -2.11. The van der Waals surface area contributed by atoms with Gasteiger partial charge in [0.1, 0.15) is 0 Å². The SMILES string of the molecule is CCOC[P+]([O-])=CCC(OC)OCC. The summed E-state index contributed by atoms with van der Waals surface area (Å²) in [7, 11) is 0.181. The number of hydrogen-bond acceptors (Lipinski definition) is 4. The van der Waals surface area contributed by atoms with Crippen molar-refractivity contribution in [2.75, 3.05) is 26.7 Å². The van der Waals surface area contributed by atoms with E-state index in [1.54, 1.807) is 12.9 Å². The molecule has 0 aliphatic rings. The Labute approximate surface area is 86.6 Å². The quantitative estimate of drug-likeness (QED) is 0.453. The molecule has 0 amide bonds. The first-order valence-electron chi connectivity index (χ1n) is 4.73. The van der Waals surface area contributed by atoms with Crippen molar-refractivity contribution in [3.63, 3.8) is 0 Å². The highest BCUT2D eigenvalue weighted by atomic mass is 31.1. The van der Waals surface area contributed by atoms with Crippen LogP contribution in [0.15, 0.2) is 0 Å². The molecular formula is C9H19O4P. The summed E-state index contributed by atoms with van der Waals surface area (Å²) in [4.78, 5) is 11.3. The van der Waals surface area contributed by atoms with E-state index in [0.717, 1.165) is 0 Å². The molecule has 0 aromatic rings. The minimum atomic E-state index is -1.39. The van der Waals surface area contributed by atoms with Crippen molar-refractivity contribution >= 4 is 13.6 Å². The van der Waals surface area contributed by atoms with E-state index in [4.69, 9.17) is 14.2 Å². The molecular weight excluding hydrogens is 203 g/mol. The molecule has 14 heavy (non-hydrogen) atoms. The maximum atomic E-state index is 11.3. The van der Waals surface area contributed by atoms with Gasteiger partial charge in [0.2, 0.25) is 6.35 Å². The van der Waals surface area contributed by atoms with Crippen molar-refractivity contribution in [3.8, 4) is 0 Å². The molecule has 0 aromatic carbocycles. The summed E-state index contributed by atoms with van der Waals surface area (Å²) in [6.07, 6.45) is 0.529. The molecule has 2 atom stereocenters. The van der Waals surface area contributed by atoms with Gasteiger partial charge in [-0.3, -0.25) is 0 Å². The summed E-state index contributed by atoms with van der Waals surface area (Å²) in [6.45, 7) is 4.95. The van der Waals surface area contributed by atoms with Gasteiger partial charge >= 0.3 is 0 Å². The fourth-order valence-electron chi connectivity index (χ4n) is 0.856. The van der Waals surface area contributed by atoms with Gasteiger partial charge in [0.25, 0.3) is 0 Å². The number of rotatable bonds is 8. The second-order valence-electron chi connectivity index (χ2n) is 2.58. The van der Waals surface area contributed by atoms with E-state index in [1.807, 2.05) is 13.8 Å². The van der Waals surface area contributed by atoms with Crippen LogP contribution in [0.25, 0.3) is 0 Å². The lowest BCUT2D eigenvalue weighted by Crippen LogP contribution is -2.16. The van der Waals surface area contributed by atoms with Crippen molar-refractivity contribution in [3.05, 3.63) is 0 Å². The van der Waals surface area contributed by atoms with Crippen LogP contribution in [0.3, 0.4) is 0 Å². The van der Waals surface area contributed by atoms with Crippen molar-refractivity contribution < 1.29 is 19.1 Å². The molecule has 0 heterocycles. The van der Waals surface area contributed by atoms with Gasteiger partial charge in [-0.2, -0.15) is 0 Å². The average molecular weight is 222 g/mol. The Hall–Kier alpha value is 0.0100. The second kappa shape index (κ2) is 9.56. The third-order valence-corrected chi connectivity index (χ3v) is 2.59. The predicted octanol–water partition coefficient (Wildman–Crippen LogP) is 0.939. The average Bonchev–Trinajstić information content (AvgIpc) is 2.21. The van der Waals surface area contributed by atoms with E-state index in [2.05, 4.69) is 0 Å². The molecule has 4 nitrogen and oxygen atoms in total. The smallest absolute Gasteiger partial charge is 0.200 e. The highest BCUT2D eigenvalue weighted by molar-refractivity contribution is 7.49. The van der Waals surface area contributed by atoms with E-state index in [9.17, 15) is 4.89 Å². The summed E-state index contributed by atoms with van der Waals surface area (Å²) in [6, 6.07) is 0. The minimum absolute atomic E-state index is 0.286. The van der Waals surface area contributed by atoms with Crippen LogP contribution in [0.2, 0.25) is 0 Å². The fourth-order valence-corrected chi connectivity index (χ4v) is 1.73. The van der Waals surface area contributed by atoms with Gasteiger partial charge in [-0.25, -0.2) is 0 Å². The summed E-state index contributed by atoms with van der Waals surface area (Å²) in [5.41, 5.74) is 0. The van der Waals surface area contributed by atoms with E-state index in [0.29, 0.717) is 19.6 Å². The van der Waals surface area contributed by atoms with E-state index >= 15 is 0 Å². The molecule has 84 valence electrons. The Morgan fingerprint density at radius 1 is 1.36 bits per heavy atom. The van der Waals surface area contributed by atoms with Crippen LogP contribution in [0.5, 0.6) is 0 Å². The zero-order valence-electron chi connectivity index (χ0n) is 9.06. The van der Waals surface area contributed by atoms with Crippen LogP contribution in [-0.4, -0.2) is 38.8 Å². The Kier molecular flexibility index (Phi) is 9.57. The van der Waals surface area contributed by atoms with Crippen LogP contribution in [0.1, 0.15) is 20.3 Å². The molecule has 0 N–H and O–H groups in total. The molecule has 0 saturated heterocycles. The van der Waals surface area contributed by atoms with Crippen molar-refractivity contribution in [1.82, 2.24) is 0 Å². The van der Waals surface area contributed by atoms with Crippen LogP contribution in [0, 0.1) is 0 Å². The maximum absolute atomic E-state index is 11.3. The Morgan fingerprint density at radius 3 is 2.57 bits per heavy atom. The van der Waals surface area contributed by atoms with Crippen LogP contribution in [0.4, 0.5) is 0 Å². The Morgan fingerprint density at radius 2 is 2.07 bits per heavy atom. The first kappa shape index (κ1) is 14.0. The normalized spacial score (nSPS) is 14.4. The lowest BCUT2D eigenvalue weighted by atomic mass is 10.5. The molecule has 0 aromatic heterocycles.